The highest BCUT2D eigenvalue weighted by Gasteiger charge is 2.19. The third-order valence-corrected chi connectivity index (χ3v) is 4.14. The van der Waals surface area contributed by atoms with Gasteiger partial charge in [0.1, 0.15) is 0 Å². The Morgan fingerprint density at radius 1 is 1.08 bits per heavy atom. The molecule has 1 aliphatic heterocycles. The number of anilines is 1. The standard InChI is InChI=1S/C17H19N3O2.2C2H6/c1-3-16(21)20-8-6-19(7-9-20)14-4-5-15-13(11-14)10-12(2)17(22)18-15;2*1-2/h3-5,10-11H,1,6-9H2,2H3,(H,18,22);2*1-2H3. The fourth-order valence-electron chi connectivity index (χ4n) is 2.81. The summed E-state index contributed by atoms with van der Waals surface area (Å²) in [7, 11) is 0. The Labute approximate surface area is 156 Å². The highest BCUT2D eigenvalue weighted by molar-refractivity contribution is 5.87. The summed E-state index contributed by atoms with van der Waals surface area (Å²) in [6, 6.07) is 7.95. The molecule has 2 aromatic rings. The van der Waals surface area contributed by atoms with Crippen molar-refractivity contribution in [1.29, 1.82) is 0 Å². The molecule has 1 amide bonds. The molecule has 0 radical (unpaired) electrons. The van der Waals surface area contributed by atoms with Crippen LogP contribution in [-0.4, -0.2) is 42.0 Å². The minimum atomic E-state index is -0.0446. The first-order valence-electron chi connectivity index (χ1n) is 9.38. The number of carbonyl (C=O) groups excluding carboxylic acids is 1. The number of fused-ring (bicyclic) bond motifs is 1. The van der Waals surface area contributed by atoms with Crippen LogP contribution in [0.5, 0.6) is 0 Å². The van der Waals surface area contributed by atoms with E-state index in [0.29, 0.717) is 18.7 Å². The van der Waals surface area contributed by atoms with Gasteiger partial charge in [0.15, 0.2) is 0 Å². The van der Waals surface area contributed by atoms with Gasteiger partial charge < -0.3 is 14.8 Å². The van der Waals surface area contributed by atoms with E-state index in [1.165, 1.54) is 6.08 Å². The third kappa shape index (κ3) is 4.97. The van der Waals surface area contributed by atoms with Crippen molar-refractivity contribution < 1.29 is 4.79 Å². The van der Waals surface area contributed by atoms with E-state index in [1.807, 2.05) is 57.7 Å². The number of amides is 1. The van der Waals surface area contributed by atoms with Gasteiger partial charge in [-0.3, -0.25) is 9.59 Å². The zero-order valence-corrected chi connectivity index (χ0v) is 16.6. The van der Waals surface area contributed by atoms with Crippen molar-refractivity contribution in [2.75, 3.05) is 31.1 Å². The Balaban J connectivity index is 0.000000791. The maximum atomic E-state index is 11.6. The maximum absolute atomic E-state index is 11.6. The number of piperazine rings is 1. The monoisotopic (exact) mass is 357 g/mol. The molecule has 2 heterocycles. The van der Waals surface area contributed by atoms with Crippen LogP contribution < -0.4 is 10.5 Å². The molecular weight excluding hydrogens is 326 g/mol. The van der Waals surface area contributed by atoms with Gasteiger partial charge in [0.2, 0.25) is 5.91 Å². The molecule has 1 aromatic carbocycles. The second-order valence-electron chi connectivity index (χ2n) is 5.57. The first-order chi connectivity index (χ1) is 12.6. The molecule has 0 unspecified atom stereocenters. The van der Waals surface area contributed by atoms with Gasteiger partial charge >= 0.3 is 0 Å². The summed E-state index contributed by atoms with van der Waals surface area (Å²) >= 11 is 0. The van der Waals surface area contributed by atoms with E-state index in [4.69, 9.17) is 0 Å². The van der Waals surface area contributed by atoms with Crippen LogP contribution in [0.2, 0.25) is 0 Å². The van der Waals surface area contributed by atoms with Crippen LogP contribution in [0.1, 0.15) is 33.3 Å². The quantitative estimate of drug-likeness (QED) is 0.834. The van der Waals surface area contributed by atoms with Crippen LogP contribution in [0.25, 0.3) is 10.9 Å². The van der Waals surface area contributed by atoms with Gasteiger partial charge in [-0.15, -0.1) is 0 Å². The van der Waals surface area contributed by atoms with Crippen molar-refractivity contribution in [2.24, 2.45) is 0 Å². The summed E-state index contributed by atoms with van der Waals surface area (Å²) in [6.07, 6.45) is 1.37. The molecule has 26 heavy (non-hydrogen) atoms. The van der Waals surface area contributed by atoms with Crippen molar-refractivity contribution in [3.05, 3.63) is 52.8 Å². The lowest BCUT2D eigenvalue weighted by Crippen LogP contribution is -2.48. The van der Waals surface area contributed by atoms with Gasteiger partial charge in [0, 0.05) is 48.3 Å². The minimum absolute atomic E-state index is 0.00800. The zero-order valence-electron chi connectivity index (χ0n) is 16.6. The topological polar surface area (TPSA) is 56.4 Å². The van der Waals surface area contributed by atoms with Crippen molar-refractivity contribution >= 4 is 22.5 Å². The third-order valence-electron chi connectivity index (χ3n) is 4.14. The van der Waals surface area contributed by atoms with Gasteiger partial charge in [-0.2, -0.15) is 0 Å². The first-order valence-corrected chi connectivity index (χ1v) is 9.38. The first kappa shape index (κ1) is 21.5. The van der Waals surface area contributed by atoms with Crippen LogP contribution in [0.4, 0.5) is 5.69 Å². The number of H-pyrrole nitrogens is 1. The van der Waals surface area contributed by atoms with Crippen LogP contribution in [0.15, 0.2) is 41.7 Å². The summed E-state index contributed by atoms with van der Waals surface area (Å²) in [5, 5.41) is 1.03. The number of benzene rings is 1. The molecule has 1 fully saturated rings. The van der Waals surface area contributed by atoms with Gasteiger partial charge in [0.25, 0.3) is 5.56 Å². The number of aromatic nitrogens is 1. The predicted molar refractivity (Wildman–Crippen MR) is 111 cm³/mol. The number of nitrogens with zero attached hydrogens (tertiary/aromatic N) is 2. The molecule has 0 spiro atoms. The molecule has 0 aliphatic carbocycles. The summed E-state index contributed by atoms with van der Waals surface area (Å²) in [6.45, 7) is 16.3. The number of hydrogen-bond donors (Lipinski definition) is 1. The number of aryl methyl sites for hydroxylation is 1. The number of rotatable bonds is 2. The molecule has 1 aliphatic rings. The SMILES string of the molecule is C=CC(=O)N1CCN(c2ccc3[nH]c(=O)c(C)cc3c2)CC1.CC.CC. The number of carbonyl (C=O) groups is 1. The molecule has 0 atom stereocenters. The Bertz CT molecular complexity index is 787. The highest BCUT2D eigenvalue weighted by Crippen LogP contribution is 2.22. The smallest absolute Gasteiger partial charge is 0.251 e. The van der Waals surface area contributed by atoms with Crippen LogP contribution in [0.3, 0.4) is 0 Å². The van der Waals surface area contributed by atoms with E-state index in [1.54, 1.807) is 0 Å². The van der Waals surface area contributed by atoms with E-state index >= 15 is 0 Å². The number of hydrogen-bond acceptors (Lipinski definition) is 3. The summed E-state index contributed by atoms with van der Waals surface area (Å²) in [5.41, 5.74) is 2.63. The van der Waals surface area contributed by atoms with E-state index < -0.39 is 0 Å². The Morgan fingerprint density at radius 2 is 1.69 bits per heavy atom. The molecule has 0 bridgehead atoms. The second kappa shape index (κ2) is 10.4. The second-order valence-corrected chi connectivity index (χ2v) is 5.57. The average molecular weight is 357 g/mol. The zero-order chi connectivity index (χ0) is 19.7. The van der Waals surface area contributed by atoms with Crippen LogP contribution in [0, 0.1) is 6.92 Å². The van der Waals surface area contributed by atoms with Crippen LogP contribution in [-0.2, 0) is 4.79 Å². The fraction of sp³-hybridized carbons (Fsp3) is 0.429. The molecule has 1 N–H and O–H groups in total. The summed E-state index contributed by atoms with van der Waals surface area (Å²) < 4.78 is 0. The Hall–Kier alpha value is -2.56. The van der Waals surface area contributed by atoms with E-state index in [9.17, 15) is 9.59 Å². The molecule has 1 saturated heterocycles. The molecule has 0 saturated carbocycles. The van der Waals surface area contributed by atoms with Crippen LogP contribution >= 0.6 is 0 Å². The number of aromatic amines is 1. The molecule has 5 nitrogen and oxygen atoms in total. The van der Waals surface area contributed by atoms with E-state index in [2.05, 4.69) is 22.5 Å². The highest BCUT2D eigenvalue weighted by atomic mass is 16.2. The summed E-state index contributed by atoms with van der Waals surface area (Å²) in [4.78, 5) is 30.2. The van der Waals surface area contributed by atoms with Crippen molar-refractivity contribution in [1.82, 2.24) is 9.88 Å². The normalized spacial score (nSPS) is 13.3. The van der Waals surface area contributed by atoms with Gasteiger partial charge in [0.05, 0.1) is 0 Å². The largest absolute Gasteiger partial charge is 0.368 e. The fourth-order valence-corrected chi connectivity index (χ4v) is 2.81. The van der Waals surface area contributed by atoms with Crippen molar-refractivity contribution in [3.8, 4) is 0 Å². The maximum Gasteiger partial charge on any atom is 0.251 e. The molecule has 1 aromatic heterocycles. The van der Waals surface area contributed by atoms with Gasteiger partial charge in [-0.1, -0.05) is 34.3 Å². The lowest BCUT2D eigenvalue weighted by atomic mass is 10.1. The van der Waals surface area contributed by atoms with Crippen molar-refractivity contribution in [2.45, 2.75) is 34.6 Å². The Kier molecular flexibility index (Phi) is 8.62. The van der Waals surface area contributed by atoms with Gasteiger partial charge in [-0.25, -0.2) is 0 Å². The molecule has 142 valence electrons. The van der Waals surface area contributed by atoms with E-state index in [-0.39, 0.29) is 11.5 Å². The number of pyridine rings is 1. The van der Waals surface area contributed by atoms with E-state index in [0.717, 1.165) is 29.7 Å². The minimum Gasteiger partial charge on any atom is -0.368 e. The Morgan fingerprint density at radius 3 is 2.27 bits per heavy atom. The summed E-state index contributed by atoms with van der Waals surface area (Å²) in [5.74, 6) is -0.00800. The number of nitrogens with one attached hydrogen (secondary N) is 1. The van der Waals surface area contributed by atoms with Gasteiger partial charge in [-0.05, 0) is 37.3 Å². The van der Waals surface area contributed by atoms with Crippen molar-refractivity contribution in [3.63, 3.8) is 0 Å². The molecule has 5 heteroatoms. The molecule has 3 rings (SSSR count). The predicted octanol–water partition coefficient (Wildman–Crippen LogP) is 3.72. The average Bonchev–Trinajstić information content (AvgIpc) is 2.71. The lowest BCUT2D eigenvalue weighted by molar-refractivity contribution is -0.126. The molecular formula is C21H31N3O2. The lowest BCUT2D eigenvalue weighted by Gasteiger charge is -2.35.